The minimum absolute atomic E-state index is 0.0108. The van der Waals surface area contributed by atoms with Gasteiger partial charge in [-0.25, -0.2) is 23.0 Å². The lowest BCUT2D eigenvalue weighted by Crippen LogP contribution is -2.36. The second-order valence-electron chi connectivity index (χ2n) is 11.3. The average Bonchev–Trinajstić information content (AvgIpc) is 3.41. The molecule has 244 valence electrons. The highest BCUT2D eigenvalue weighted by atomic mass is 32.2. The van der Waals surface area contributed by atoms with Gasteiger partial charge in [-0.3, -0.25) is 9.69 Å². The summed E-state index contributed by atoms with van der Waals surface area (Å²) < 4.78 is 37.4. The first-order valence-electron chi connectivity index (χ1n) is 15.5. The van der Waals surface area contributed by atoms with Crippen LogP contribution in [0.1, 0.15) is 62.0 Å². The third-order valence-corrected chi connectivity index (χ3v) is 9.61. The molecule has 2 heterocycles. The molecule has 0 bridgehead atoms. The molecule has 1 fully saturated rings. The lowest BCUT2D eigenvalue weighted by Gasteiger charge is -2.23. The number of hydrogen-bond donors (Lipinski definition) is 0. The topological polar surface area (TPSA) is 123 Å². The fraction of sp³-hybridized carbons (Fsp3) is 0.278. The Balaban J connectivity index is 1.44. The fourth-order valence-electron chi connectivity index (χ4n) is 5.44. The van der Waals surface area contributed by atoms with Gasteiger partial charge < -0.3 is 9.47 Å². The Hall–Kier alpha value is -4.87. The van der Waals surface area contributed by atoms with Crippen molar-refractivity contribution in [1.82, 2.24) is 14.2 Å². The molecule has 3 aromatic carbocycles. The molecule has 47 heavy (non-hydrogen) atoms. The normalized spacial score (nSPS) is 14.0. The summed E-state index contributed by atoms with van der Waals surface area (Å²) in [6.45, 7) is 1.90. The van der Waals surface area contributed by atoms with Crippen molar-refractivity contribution in [3.8, 4) is 0 Å². The lowest BCUT2D eigenvalue weighted by molar-refractivity contribution is 0.0515. The highest BCUT2D eigenvalue weighted by Crippen LogP contribution is 2.22. The number of carbonyl (C=O) groups excluding carboxylic acids is 3. The number of pyridine rings is 1. The standard InChI is InChI=1S/C36H37N3O7S/c1-2-45-35(41)34-31(15-9-16-37-34)24-38(36(42)46-26-28-13-7-4-8-14-28)25-33(40)32-21-29(19-27-11-5-3-6-12-27)20-30(22-32)23-39-17-10-18-47(39,43)44/h3-9,11-16,20-22H,2,10,17-19,23-26H2,1H3. The molecule has 0 spiro atoms. The second-order valence-corrected chi connectivity index (χ2v) is 13.3. The van der Waals surface area contributed by atoms with Crippen LogP contribution in [0.15, 0.2) is 97.2 Å². The van der Waals surface area contributed by atoms with Crippen molar-refractivity contribution >= 4 is 27.9 Å². The van der Waals surface area contributed by atoms with Crippen LogP contribution in [0, 0.1) is 0 Å². The van der Waals surface area contributed by atoms with Crippen LogP contribution in [-0.4, -0.2) is 65.9 Å². The quantitative estimate of drug-likeness (QED) is 0.139. The number of ether oxygens (including phenoxy) is 2. The summed E-state index contributed by atoms with van der Waals surface area (Å²) in [4.78, 5) is 45.5. The minimum atomic E-state index is -3.36. The number of nitrogens with zero attached hydrogens (tertiary/aromatic N) is 3. The number of amides is 1. The number of Topliss-reactive ketones (excluding diaryl/α,β-unsaturated/α-hetero) is 1. The Kier molecular flexibility index (Phi) is 11.1. The predicted molar refractivity (Wildman–Crippen MR) is 176 cm³/mol. The monoisotopic (exact) mass is 655 g/mol. The summed E-state index contributed by atoms with van der Waals surface area (Å²) in [5.41, 5.74) is 4.10. The van der Waals surface area contributed by atoms with E-state index in [-0.39, 0.29) is 50.1 Å². The van der Waals surface area contributed by atoms with Gasteiger partial charge in [0.15, 0.2) is 11.5 Å². The zero-order valence-electron chi connectivity index (χ0n) is 26.2. The van der Waals surface area contributed by atoms with Crippen molar-refractivity contribution in [2.75, 3.05) is 25.4 Å². The van der Waals surface area contributed by atoms with Gasteiger partial charge in [-0.2, -0.15) is 4.31 Å². The molecule has 0 atom stereocenters. The lowest BCUT2D eigenvalue weighted by atomic mass is 9.97. The fourth-order valence-corrected chi connectivity index (χ4v) is 6.94. The van der Waals surface area contributed by atoms with Gasteiger partial charge >= 0.3 is 12.1 Å². The molecule has 1 aliphatic rings. The molecule has 0 N–H and O–H groups in total. The number of aromatic nitrogens is 1. The minimum Gasteiger partial charge on any atom is -0.461 e. The molecule has 0 unspecified atom stereocenters. The Labute approximate surface area is 275 Å². The van der Waals surface area contributed by atoms with Gasteiger partial charge in [0.25, 0.3) is 0 Å². The first-order valence-corrected chi connectivity index (χ1v) is 17.1. The Morgan fingerprint density at radius 3 is 2.23 bits per heavy atom. The maximum absolute atomic E-state index is 14.0. The zero-order valence-corrected chi connectivity index (χ0v) is 27.0. The second kappa shape index (κ2) is 15.6. The van der Waals surface area contributed by atoms with Gasteiger partial charge in [-0.1, -0.05) is 72.8 Å². The smallest absolute Gasteiger partial charge is 0.410 e. The highest BCUT2D eigenvalue weighted by Gasteiger charge is 2.29. The van der Waals surface area contributed by atoms with Gasteiger partial charge in [0, 0.05) is 30.4 Å². The molecule has 1 aliphatic heterocycles. The summed E-state index contributed by atoms with van der Waals surface area (Å²) >= 11 is 0. The number of benzene rings is 3. The predicted octanol–water partition coefficient (Wildman–Crippen LogP) is 5.41. The largest absolute Gasteiger partial charge is 0.461 e. The summed E-state index contributed by atoms with van der Waals surface area (Å²) in [6.07, 6.45) is 1.80. The Morgan fingerprint density at radius 2 is 1.55 bits per heavy atom. The summed E-state index contributed by atoms with van der Waals surface area (Å²) in [5, 5.41) is 0. The number of hydrogen-bond acceptors (Lipinski definition) is 8. The van der Waals surface area contributed by atoms with Crippen LogP contribution >= 0.6 is 0 Å². The summed E-state index contributed by atoms with van der Waals surface area (Å²) in [6, 6.07) is 27.6. The van der Waals surface area contributed by atoms with Gasteiger partial charge in [0.1, 0.15) is 6.61 Å². The van der Waals surface area contributed by atoms with Crippen LogP contribution in [0.5, 0.6) is 0 Å². The van der Waals surface area contributed by atoms with E-state index in [1.54, 1.807) is 31.2 Å². The van der Waals surface area contributed by atoms with Gasteiger partial charge in [-0.05, 0) is 60.2 Å². The zero-order chi connectivity index (χ0) is 33.2. The van der Waals surface area contributed by atoms with Crippen molar-refractivity contribution < 1.29 is 32.3 Å². The van der Waals surface area contributed by atoms with Crippen molar-refractivity contribution in [2.45, 2.75) is 39.5 Å². The van der Waals surface area contributed by atoms with Crippen molar-refractivity contribution in [2.24, 2.45) is 0 Å². The molecule has 1 aromatic heterocycles. The van der Waals surface area contributed by atoms with Crippen LogP contribution < -0.4 is 0 Å². The number of rotatable bonds is 13. The number of esters is 1. The molecule has 1 saturated heterocycles. The van der Waals surface area contributed by atoms with E-state index >= 15 is 0 Å². The first kappa shape index (κ1) is 33.5. The van der Waals surface area contributed by atoms with Crippen LogP contribution in [0.3, 0.4) is 0 Å². The maximum Gasteiger partial charge on any atom is 0.410 e. The van der Waals surface area contributed by atoms with Gasteiger partial charge in [0.05, 0.1) is 25.4 Å². The van der Waals surface area contributed by atoms with Crippen LogP contribution in [0.2, 0.25) is 0 Å². The molecular formula is C36H37N3O7S. The third kappa shape index (κ3) is 9.11. The average molecular weight is 656 g/mol. The third-order valence-electron chi connectivity index (χ3n) is 7.71. The molecule has 1 amide bonds. The van der Waals surface area contributed by atoms with E-state index < -0.39 is 22.1 Å². The van der Waals surface area contributed by atoms with E-state index in [0.29, 0.717) is 36.1 Å². The van der Waals surface area contributed by atoms with Crippen molar-refractivity contribution in [3.63, 3.8) is 0 Å². The van der Waals surface area contributed by atoms with E-state index in [1.807, 2.05) is 66.7 Å². The highest BCUT2D eigenvalue weighted by molar-refractivity contribution is 7.89. The number of ketones is 1. The van der Waals surface area contributed by atoms with E-state index in [2.05, 4.69) is 4.98 Å². The van der Waals surface area contributed by atoms with E-state index in [9.17, 15) is 22.8 Å². The molecule has 0 radical (unpaired) electrons. The van der Waals surface area contributed by atoms with Crippen LogP contribution in [0.25, 0.3) is 0 Å². The molecule has 4 aromatic rings. The number of carbonyl (C=O) groups is 3. The van der Waals surface area contributed by atoms with E-state index in [4.69, 9.17) is 9.47 Å². The van der Waals surface area contributed by atoms with Gasteiger partial charge in [-0.15, -0.1) is 0 Å². The molecular weight excluding hydrogens is 618 g/mol. The molecule has 0 saturated carbocycles. The summed E-state index contributed by atoms with van der Waals surface area (Å²) in [5.74, 6) is -0.907. The first-order chi connectivity index (χ1) is 22.7. The van der Waals surface area contributed by atoms with E-state index in [1.165, 1.54) is 15.4 Å². The van der Waals surface area contributed by atoms with Crippen LogP contribution in [-0.2, 0) is 45.6 Å². The summed E-state index contributed by atoms with van der Waals surface area (Å²) in [7, 11) is -3.36. The Morgan fingerprint density at radius 1 is 0.851 bits per heavy atom. The van der Waals surface area contributed by atoms with Crippen molar-refractivity contribution in [1.29, 1.82) is 0 Å². The SMILES string of the molecule is CCOC(=O)c1ncccc1CN(CC(=O)c1cc(Cc2ccccc2)cc(CN2CCCS2(=O)=O)c1)C(=O)OCc1ccccc1. The van der Waals surface area contributed by atoms with Gasteiger partial charge in [0.2, 0.25) is 10.0 Å². The van der Waals surface area contributed by atoms with Crippen LogP contribution in [0.4, 0.5) is 4.79 Å². The maximum atomic E-state index is 14.0. The molecule has 10 nitrogen and oxygen atoms in total. The molecule has 0 aliphatic carbocycles. The van der Waals surface area contributed by atoms with Crippen molar-refractivity contribution in [3.05, 3.63) is 136 Å². The molecule has 11 heteroatoms. The molecule has 5 rings (SSSR count). The van der Waals surface area contributed by atoms with E-state index in [0.717, 1.165) is 16.7 Å². The Bertz CT molecular complexity index is 1820. The number of sulfonamides is 1.